The highest BCUT2D eigenvalue weighted by molar-refractivity contribution is 6.76. The van der Waals surface area contributed by atoms with Crippen molar-refractivity contribution in [2.75, 3.05) is 13.2 Å². The van der Waals surface area contributed by atoms with Crippen LogP contribution in [0.1, 0.15) is 56.8 Å². The molecule has 0 amide bonds. The Labute approximate surface area is 217 Å². The van der Waals surface area contributed by atoms with Gasteiger partial charge in [0, 0.05) is 44.2 Å². The van der Waals surface area contributed by atoms with Gasteiger partial charge in [-0.2, -0.15) is 13.2 Å². The molecule has 1 aliphatic rings. The number of halogens is 3. The second-order valence-corrected chi connectivity index (χ2v) is 17.3. The smallest absolute Gasteiger partial charge is 0.434 e. The fraction of sp³-hybridized carbons (Fsp3) is 0.654. The van der Waals surface area contributed by atoms with Gasteiger partial charge in [0.05, 0.1) is 18.1 Å². The molecule has 0 aliphatic heterocycles. The molecule has 3 rings (SSSR count). The number of aliphatic carboxylic acids is 1. The van der Waals surface area contributed by atoms with Crippen molar-refractivity contribution in [2.24, 2.45) is 5.41 Å². The van der Waals surface area contributed by atoms with Crippen LogP contribution in [0, 0.1) is 5.41 Å². The molecule has 2 aromatic heterocycles. The molecule has 0 aromatic carbocycles. The highest BCUT2D eigenvalue weighted by atomic mass is 28.3. The summed E-state index contributed by atoms with van der Waals surface area (Å²) in [6.07, 6.45) is 1.34. The number of rotatable bonds is 11. The van der Waals surface area contributed by atoms with Gasteiger partial charge in [-0.1, -0.05) is 19.6 Å². The van der Waals surface area contributed by atoms with Crippen LogP contribution in [0.5, 0.6) is 0 Å². The summed E-state index contributed by atoms with van der Waals surface area (Å²) < 4.78 is 53.1. The summed E-state index contributed by atoms with van der Waals surface area (Å²) in [5, 5.41) is 9.25. The van der Waals surface area contributed by atoms with Gasteiger partial charge in [-0.05, 0) is 57.7 Å². The molecular formula is C26H38F3N3O4Si. The minimum atomic E-state index is -4.55. The summed E-state index contributed by atoms with van der Waals surface area (Å²) in [4.78, 5) is 19.7. The van der Waals surface area contributed by atoms with Crippen LogP contribution in [-0.4, -0.2) is 53.0 Å². The SMILES string of the molecule is CC(C)(COC1CCC(c2ccc(-c3nc(C(F)(F)F)cn3COCC[Si](C)(C)C)cn2)CC1)C(=O)O. The van der Waals surface area contributed by atoms with Crippen molar-refractivity contribution in [3.8, 4) is 11.4 Å². The Morgan fingerprint density at radius 1 is 1.16 bits per heavy atom. The first-order valence-electron chi connectivity index (χ1n) is 12.7. The lowest BCUT2D eigenvalue weighted by atomic mass is 9.84. The van der Waals surface area contributed by atoms with Gasteiger partial charge in [0.2, 0.25) is 0 Å². The van der Waals surface area contributed by atoms with Crippen molar-refractivity contribution in [3.63, 3.8) is 0 Å². The summed E-state index contributed by atoms with van der Waals surface area (Å²) in [6.45, 7) is 10.6. The first-order valence-corrected chi connectivity index (χ1v) is 16.4. The molecule has 0 atom stereocenters. The number of hydrogen-bond acceptors (Lipinski definition) is 5. The largest absolute Gasteiger partial charge is 0.481 e. The number of ether oxygens (including phenoxy) is 2. The topological polar surface area (TPSA) is 86.5 Å². The zero-order chi connectivity index (χ0) is 27.4. The van der Waals surface area contributed by atoms with Gasteiger partial charge in [0.25, 0.3) is 0 Å². The van der Waals surface area contributed by atoms with Crippen LogP contribution in [0.15, 0.2) is 24.5 Å². The number of aromatic nitrogens is 3. The third-order valence-electron chi connectivity index (χ3n) is 6.69. The van der Waals surface area contributed by atoms with Crippen LogP contribution in [0.3, 0.4) is 0 Å². The zero-order valence-corrected chi connectivity index (χ0v) is 23.3. The highest BCUT2D eigenvalue weighted by Gasteiger charge is 2.35. The van der Waals surface area contributed by atoms with Gasteiger partial charge < -0.3 is 19.1 Å². The first-order chi connectivity index (χ1) is 17.2. The number of hydrogen-bond donors (Lipinski definition) is 1. The predicted molar refractivity (Wildman–Crippen MR) is 137 cm³/mol. The Bertz CT molecular complexity index is 1040. The number of alkyl halides is 3. The number of carbonyl (C=O) groups is 1. The summed E-state index contributed by atoms with van der Waals surface area (Å²) >= 11 is 0. The molecule has 1 N–H and O–H groups in total. The average Bonchev–Trinajstić information content (AvgIpc) is 3.25. The van der Waals surface area contributed by atoms with E-state index in [2.05, 4.69) is 29.6 Å². The molecule has 37 heavy (non-hydrogen) atoms. The maximum Gasteiger partial charge on any atom is 0.434 e. The molecule has 0 unspecified atom stereocenters. The van der Waals surface area contributed by atoms with E-state index in [-0.39, 0.29) is 31.2 Å². The van der Waals surface area contributed by atoms with Gasteiger partial charge in [0.1, 0.15) is 12.6 Å². The molecule has 0 bridgehead atoms. The molecule has 2 heterocycles. The lowest BCUT2D eigenvalue weighted by Crippen LogP contribution is -2.32. The second-order valence-electron chi connectivity index (χ2n) is 11.7. The van der Waals surface area contributed by atoms with E-state index in [1.165, 1.54) is 4.57 Å². The standard InChI is InChI=1S/C26H38F3N3O4Si/c1-25(2,24(33)34)16-36-20-9-6-18(7-10-20)21-11-8-19(14-30-21)23-31-22(26(27,28)29)15-32(23)17-35-12-13-37(3,4)5/h8,11,14-15,18,20H,6-7,9-10,12-13,16-17H2,1-5H3,(H,33,34). The number of imidazole rings is 1. The molecule has 0 saturated heterocycles. The van der Waals surface area contributed by atoms with Gasteiger partial charge in [-0.3, -0.25) is 9.78 Å². The Kier molecular flexibility index (Phi) is 9.23. The number of pyridine rings is 1. The molecule has 11 heteroatoms. The van der Waals surface area contributed by atoms with E-state index in [1.807, 2.05) is 6.07 Å². The zero-order valence-electron chi connectivity index (χ0n) is 22.3. The lowest BCUT2D eigenvalue weighted by molar-refractivity contribution is -0.152. The van der Waals surface area contributed by atoms with Gasteiger partial charge in [0.15, 0.2) is 5.69 Å². The lowest BCUT2D eigenvalue weighted by Gasteiger charge is -2.30. The molecular weight excluding hydrogens is 503 g/mol. The van der Waals surface area contributed by atoms with E-state index in [1.54, 1.807) is 26.1 Å². The number of nitrogens with zero attached hydrogens (tertiary/aromatic N) is 3. The minimum Gasteiger partial charge on any atom is -0.481 e. The number of carboxylic acids is 1. The van der Waals surface area contributed by atoms with Crippen LogP contribution in [-0.2, 0) is 27.2 Å². The van der Waals surface area contributed by atoms with Crippen LogP contribution >= 0.6 is 0 Å². The Balaban J connectivity index is 1.64. The second kappa shape index (κ2) is 11.7. The maximum absolute atomic E-state index is 13.4. The monoisotopic (exact) mass is 541 g/mol. The van der Waals surface area contributed by atoms with Crippen molar-refractivity contribution in [1.82, 2.24) is 14.5 Å². The summed E-state index contributed by atoms with van der Waals surface area (Å²) in [7, 11) is -1.31. The maximum atomic E-state index is 13.4. The van der Waals surface area contributed by atoms with Gasteiger partial charge >= 0.3 is 12.1 Å². The fourth-order valence-corrected chi connectivity index (χ4v) is 4.87. The van der Waals surface area contributed by atoms with E-state index < -0.39 is 31.3 Å². The van der Waals surface area contributed by atoms with Crippen molar-refractivity contribution >= 4 is 14.0 Å². The highest BCUT2D eigenvalue weighted by Crippen LogP contribution is 2.35. The Morgan fingerprint density at radius 2 is 1.84 bits per heavy atom. The average molecular weight is 542 g/mol. The molecule has 0 spiro atoms. The van der Waals surface area contributed by atoms with Crippen LogP contribution in [0.25, 0.3) is 11.4 Å². The van der Waals surface area contributed by atoms with Crippen LogP contribution < -0.4 is 0 Å². The van der Waals surface area contributed by atoms with E-state index in [0.717, 1.165) is 43.6 Å². The van der Waals surface area contributed by atoms with Crippen molar-refractivity contribution in [3.05, 3.63) is 35.9 Å². The Hall–Kier alpha value is -2.24. The summed E-state index contributed by atoms with van der Waals surface area (Å²) in [5.74, 6) is -0.485. The quantitative estimate of drug-likeness (QED) is 0.261. The van der Waals surface area contributed by atoms with Crippen molar-refractivity contribution < 1.29 is 32.5 Å². The van der Waals surface area contributed by atoms with E-state index in [0.29, 0.717) is 12.2 Å². The molecule has 7 nitrogen and oxygen atoms in total. The number of carboxylic acid groups (broad SMARTS) is 1. The van der Waals surface area contributed by atoms with Crippen molar-refractivity contribution in [1.29, 1.82) is 0 Å². The third kappa shape index (κ3) is 8.37. The fourth-order valence-electron chi connectivity index (χ4n) is 4.11. The van der Waals surface area contributed by atoms with Gasteiger partial charge in [-0.25, -0.2) is 4.98 Å². The van der Waals surface area contributed by atoms with Crippen LogP contribution in [0.2, 0.25) is 25.7 Å². The van der Waals surface area contributed by atoms with Crippen molar-refractivity contribution in [2.45, 2.75) is 90.1 Å². The molecule has 2 aromatic rings. The molecule has 1 saturated carbocycles. The molecule has 1 fully saturated rings. The minimum absolute atomic E-state index is 0.00660. The van der Waals surface area contributed by atoms with Crippen LogP contribution in [0.4, 0.5) is 13.2 Å². The summed E-state index contributed by atoms with van der Waals surface area (Å²) in [6, 6.07) is 4.54. The summed E-state index contributed by atoms with van der Waals surface area (Å²) in [5.41, 5.74) is -0.495. The third-order valence-corrected chi connectivity index (χ3v) is 8.39. The molecule has 206 valence electrons. The van der Waals surface area contributed by atoms with E-state index in [9.17, 15) is 23.1 Å². The van der Waals surface area contributed by atoms with E-state index in [4.69, 9.17) is 9.47 Å². The predicted octanol–water partition coefficient (Wildman–Crippen LogP) is 6.43. The van der Waals surface area contributed by atoms with E-state index >= 15 is 0 Å². The molecule has 1 aliphatic carbocycles. The Morgan fingerprint density at radius 3 is 2.38 bits per heavy atom. The normalized spacial score (nSPS) is 19.2. The molecule has 0 radical (unpaired) electrons. The first kappa shape index (κ1) is 29.3. The van der Waals surface area contributed by atoms with Gasteiger partial charge in [-0.15, -0.1) is 0 Å².